The number of halogens is 1. The Kier molecular flexibility index (Phi) is 5.58. The minimum absolute atomic E-state index is 0.148. The summed E-state index contributed by atoms with van der Waals surface area (Å²) in [5, 5.41) is 8.89. The molecule has 35 heavy (non-hydrogen) atoms. The molecule has 3 aromatic rings. The van der Waals surface area contributed by atoms with Crippen LogP contribution in [-0.2, 0) is 21.9 Å². The molecule has 0 unspecified atom stereocenters. The van der Waals surface area contributed by atoms with E-state index < -0.39 is 28.0 Å². The van der Waals surface area contributed by atoms with Gasteiger partial charge in [-0.15, -0.1) is 0 Å². The van der Waals surface area contributed by atoms with Crippen LogP contribution in [0.4, 0.5) is 27.3 Å². The first-order chi connectivity index (χ1) is 16.5. The zero-order chi connectivity index (χ0) is 25.1. The lowest BCUT2D eigenvalue weighted by molar-refractivity contribution is -0.117. The molecule has 1 aromatic carbocycles. The highest BCUT2D eigenvalue weighted by Gasteiger charge is 2.43. The van der Waals surface area contributed by atoms with Crippen LogP contribution in [0.5, 0.6) is 0 Å². The average molecular weight is 503 g/mol. The van der Waals surface area contributed by atoms with Gasteiger partial charge in [-0.05, 0) is 42.9 Å². The summed E-state index contributed by atoms with van der Waals surface area (Å²) in [4.78, 5) is 29.4. The fourth-order valence-electron chi connectivity index (χ4n) is 4.27. The zero-order valence-electron chi connectivity index (χ0n) is 19.6. The maximum Gasteiger partial charge on any atom is 0.277 e. The first kappa shape index (κ1) is 23.3. The van der Waals surface area contributed by atoms with Crippen molar-refractivity contribution in [3.05, 3.63) is 40.2 Å². The molecule has 186 valence electrons. The van der Waals surface area contributed by atoms with Gasteiger partial charge in [0, 0.05) is 20.2 Å². The molecule has 3 N–H and O–H groups in total. The number of carbonyl (C=O) groups is 1. The number of aromatic amines is 1. The Bertz CT molecular complexity index is 1490. The summed E-state index contributed by atoms with van der Waals surface area (Å²) in [5.41, 5.74) is 2.19. The summed E-state index contributed by atoms with van der Waals surface area (Å²) in [6, 6.07) is 7.11. The highest BCUT2D eigenvalue weighted by molar-refractivity contribution is 7.92. The molecule has 2 aliphatic carbocycles. The molecule has 2 heterocycles. The molecule has 0 bridgehead atoms. The van der Waals surface area contributed by atoms with E-state index in [9.17, 15) is 22.4 Å². The van der Waals surface area contributed by atoms with Gasteiger partial charge in [-0.2, -0.15) is 0 Å². The Labute approximate surface area is 201 Å². The standard InChI is InChI=1S/C23H27FN6O4S/c1-29-23(32)20-17(11-19(26-21(20)28-29)27-22(31)14-10-15(14)24)25-16-8-7-13(12-5-4-6-12)9-18(16)30(2)35(3,33)34/h7-9,11-12,14-15H,4-6,10H2,1-3H3,(H3,25,26,27,28,31)/t14-,15+/m1/s1. The van der Waals surface area contributed by atoms with Gasteiger partial charge in [-0.25, -0.2) is 17.8 Å². The zero-order valence-corrected chi connectivity index (χ0v) is 20.4. The summed E-state index contributed by atoms with van der Waals surface area (Å²) in [6.07, 6.45) is 3.41. The lowest BCUT2D eigenvalue weighted by Crippen LogP contribution is -2.26. The van der Waals surface area contributed by atoms with Gasteiger partial charge in [-0.3, -0.25) is 23.7 Å². The van der Waals surface area contributed by atoms with Crippen molar-refractivity contribution in [1.29, 1.82) is 0 Å². The fourth-order valence-corrected chi connectivity index (χ4v) is 4.78. The largest absolute Gasteiger partial charge is 0.353 e. The van der Waals surface area contributed by atoms with Gasteiger partial charge in [-0.1, -0.05) is 12.5 Å². The smallest absolute Gasteiger partial charge is 0.277 e. The van der Waals surface area contributed by atoms with Crippen LogP contribution in [0.25, 0.3) is 11.0 Å². The number of benzene rings is 1. The molecule has 2 aromatic heterocycles. The summed E-state index contributed by atoms with van der Waals surface area (Å²) >= 11 is 0. The van der Waals surface area contributed by atoms with Crippen molar-refractivity contribution in [2.24, 2.45) is 13.0 Å². The average Bonchev–Trinajstić information content (AvgIpc) is 3.41. The second-order valence-electron chi connectivity index (χ2n) is 9.36. The second-order valence-corrected chi connectivity index (χ2v) is 11.4. The first-order valence-corrected chi connectivity index (χ1v) is 13.3. The predicted molar refractivity (Wildman–Crippen MR) is 133 cm³/mol. The molecule has 0 spiro atoms. The minimum Gasteiger partial charge on any atom is -0.353 e. The van der Waals surface area contributed by atoms with Crippen molar-refractivity contribution in [2.45, 2.75) is 37.8 Å². The van der Waals surface area contributed by atoms with Crippen LogP contribution in [0.2, 0.25) is 0 Å². The third-order valence-electron chi connectivity index (χ3n) is 6.82. The van der Waals surface area contributed by atoms with E-state index in [2.05, 4.69) is 20.7 Å². The van der Waals surface area contributed by atoms with Gasteiger partial charge in [0.1, 0.15) is 17.4 Å². The molecule has 12 heteroatoms. The number of rotatable bonds is 7. The molecule has 0 radical (unpaired) electrons. The van der Waals surface area contributed by atoms with Crippen molar-refractivity contribution in [3.8, 4) is 0 Å². The monoisotopic (exact) mass is 502 g/mol. The van der Waals surface area contributed by atoms with Crippen LogP contribution >= 0.6 is 0 Å². The number of anilines is 4. The Morgan fingerprint density at radius 3 is 2.57 bits per heavy atom. The quantitative estimate of drug-likeness (QED) is 0.456. The summed E-state index contributed by atoms with van der Waals surface area (Å²) in [5.74, 6) is -0.636. The third-order valence-corrected chi connectivity index (χ3v) is 8.01. The highest BCUT2D eigenvalue weighted by Crippen LogP contribution is 2.41. The van der Waals surface area contributed by atoms with Crippen LogP contribution in [0.3, 0.4) is 0 Å². The van der Waals surface area contributed by atoms with Gasteiger partial charge in [0.15, 0.2) is 5.65 Å². The van der Waals surface area contributed by atoms with Crippen molar-refractivity contribution < 1.29 is 17.6 Å². The van der Waals surface area contributed by atoms with Gasteiger partial charge >= 0.3 is 0 Å². The van der Waals surface area contributed by atoms with Crippen LogP contribution in [0.15, 0.2) is 29.1 Å². The number of hydrogen-bond acceptors (Lipinski definition) is 6. The van der Waals surface area contributed by atoms with Crippen molar-refractivity contribution in [3.63, 3.8) is 0 Å². The number of aromatic nitrogens is 3. The summed E-state index contributed by atoms with van der Waals surface area (Å²) < 4.78 is 40.6. The number of carbonyl (C=O) groups excluding carboxylic acids is 1. The van der Waals surface area contributed by atoms with E-state index in [4.69, 9.17) is 0 Å². The van der Waals surface area contributed by atoms with E-state index in [1.165, 1.54) is 22.1 Å². The SMILES string of the molecule is CN(c1cc(C2CCC2)ccc1Nc1cc(NC(=O)[C@@H]2C[C@@H]2F)nc2[nH]n(C)c(=O)c12)S(C)(=O)=O. The van der Waals surface area contributed by atoms with Crippen LogP contribution in [0.1, 0.15) is 37.2 Å². The fraction of sp³-hybridized carbons (Fsp3) is 0.435. The number of nitrogens with one attached hydrogen (secondary N) is 3. The molecule has 0 saturated heterocycles. The van der Waals surface area contributed by atoms with Gasteiger partial charge < -0.3 is 10.6 Å². The number of sulfonamides is 1. The molecule has 2 atom stereocenters. The lowest BCUT2D eigenvalue weighted by atomic mass is 9.80. The number of alkyl halides is 1. The maximum atomic E-state index is 13.3. The summed E-state index contributed by atoms with van der Waals surface area (Å²) in [6.45, 7) is 0. The molecule has 1 amide bonds. The van der Waals surface area contributed by atoms with E-state index >= 15 is 0 Å². The Hall–Kier alpha value is -3.41. The predicted octanol–water partition coefficient (Wildman–Crippen LogP) is 2.97. The first-order valence-electron chi connectivity index (χ1n) is 11.4. The van der Waals surface area contributed by atoms with E-state index in [0.29, 0.717) is 23.0 Å². The van der Waals surface area contributed by atoms with Gasteiger partial charge in [0.05, 0.1) is 29.2 Å². The van der Waals surface area contributed by atoms with Crippen molar-refractivity contribution in [1.82, 2.24) is 14.8 Å². The van der Waals surface area contributed by atoms with E-state index in [1.54, 1.807) is 13.1 Å². The van der Waals surface area contributed by atoms with Crippen LogP contribution < -0.4 is 20.5 Å². The minimum atomic E-state index is -3.56. The number of aryl methyl sites for hydroxylation is 1. The maximum absolute atomic E-state index is 13.3. The number of hydrogen-bond donors (Lipinski definition) is 3. The second kappa shape index (κ2) is 8.36. The van der Waals surface area contributed by atoms with Crippen molar-refractivity contribution in [2.75, 3.05) is 28.2 Å². The Balaban J connectivity index is 1.58. The number of H-pyrrole nitrogens is 1. The molecular formula is C23H27FN6O4S. The highest BCUT2D eigenvalue weighted by atomic mass is 32.2. The van der Waals surface area contributed by atoms with Crippen LogP contribution in [-0.4, -0.2) is 48.6 Å². The molecule has 2 fully saturated rings. The third kappa shape index (κ3) is 4.38. The van der Waals surface area contributed by atoms with E-state index in [0.717, 1.165) is 31.1 Å². The Morgan fingerprint density at radius 2 is 1.97 bits per heavy atom. The number of amides is 1. The number of fused-ring (bicyclic) bond motifs is 1. The van der Waals surface area contributed by atoms with Gasteiger partial charge in [0.25, 0.3) is 5.56 Å². The summed E-state index contributed by atoms with van der Waals surface area (Å²) in [7, 11) is -0.543. The number of nitrogens with zero attached hydrogens (tertiary/aromatic N) is 3. The topological polar surface area (TPSA) is 129 Å². The molecule has 10 nitrogen and oxygen atoms in total. The normalized spacial score (nSPS) is 19.9. The molecule has 5 rings (SSSR count). The molecule has 2 saturated carbocycles. The molecular weight excluding hydrogens is 475 g/mol. The number of pyridine rings is 1. The van der Waals surface area contributed by atoms with Crippen LogP contribution in [0, 0.1) is 5.92 Å². The van der Waals surface area contributed by atoms with E-state index in [1.807, 2.05) is 12.1 Å². The lowest BCUT2D eigenvalue weighted by Gasteiger charge is -2.28. The van der Waals surface area contributed by atoms with Crippen molar-refractivity contribution >= 4 is 49.8 Å². The van der Waals surface area contributed by atoms with Gasteiger partial charge in [0.2, 0.25) is 15.9 Å². The molecule has 2 aliphatic rings. The van der Waals surface area contributed by atoms with E-state index in [-0.39, 0.29) is 28.8 Å². The Morgan fingerprint density at radius 1 is 1.26 bits per heavy atom. The molecule has 0 aliphatic heterocycles.